The first-order valence-corrected chi connectivity index (χ1v) is 6.37. The van der Waals surface area contributed by atoms with E-state index in [1.807, 2.05) is 35.2 Å². The van der Waals surface area contributed by atoms with Gasteiger partial charge in [-0.1, -0.05) is 41.9 Å². The average molecular weight is 250 g/mol. The molecule has 0 radical (unpaired) electrons. The Hall–Kier alpha value is -1.28. The van der Waals surface area contributed by atoms with Crippen molar-refractivity contribution in [2.75, 3.05) is 13.1 Å². The van der Waals surface area contributed by atoms with Gasteiger partial charge in [0.25, 0.3) is 5.91 Å². The summed E-state index contributed by atoms with van der Waals surface area (Å²) >= 11 is 6.07. The van der Waals surface area contributed by atoms with Crippen molar-refractivity contribution in [3.05, 3.63) is 40.9 Å². The summed E-state index contributed by atoms with van der Waals surface area (Å²) < 4.78 is 0. The number of hydrogen-bond donors (Lipinski definition) is 0. The van der Waals surface area contributed by atoms with E-state index in [1.165, 1.54) is 6.42 Å². The molecule has 1 aliphatic rings. The molecule has 2 nitrogen and oxygen atoms in total. The lowest BCUT2D eigenvalue weighted by Gasteiger charge is -2.26. The molecule has 1 aromatic rings. The summed E-state index contributed by atoms with van der Waals surface area (Å²) in [6.45, 7) is 1.66. The van der Waals surface area contributed by atoms with Crippen LogP contribution in [0.3, 0.4) is 0 Å². The Morgan fingerprint density at radius 1 is 1.12 bits per heavy atom. The minimum absolute atomic E-state index is 0.0461. The summed E-state index contributed by atoms with van der Waals surface area (Å²) in [5, 5.41) is 0.304. The normalized spacial score (nSPS) is 17.0. The summed E-state index contributed by atoms with van der Waals surface area (Å²) in [6.07, 6.45) is 5.12. The van der Waals surface area contributed by atoms with Crippen molar-refractivity contribution >= 4 is 23.6 Å². The fourth-order valence-electron chi connectivity index (χ4n) is 2.01. The van der Waals surface area contributed by atoms with Crippen molar-refractivity contribution in [3.63, 3.8) is 0 Å². The van der Waals surface area contributed by atoms with Crippen LogP contribution in [0, 0.1) is 0 Å². The molecular formula is C14H16ClNO. The molecule has 1 saturated heterocycles. The highest BCUT2D eigenvalue weighted by molar-refractivity contribution is 6.44. The molecule has 0 atom stereocenters. The largest absolute Gasteiger partial charge is 0.338 e. The molecule has 1 fully saturated rings. The number of rotatable bonds is 2. The number of nitrogens with zero attached hydrogens (tertiary/aromatic N) is 1. The van der Waals surface area contributed by atoms with Gasteiger partial charge in [-0.2, -0.15) is 0 Å². The smallest absolute Gasteiger partial charge is 0.265 e. The maximum atomic E-state index is 12.0. The van der Waals surface area contributed by atoms with Gasteiger partial charge < -0.3 is 4.90 Å². The third-order valence-electron chi connectivity index (χ3n) is 2.94. The van der Waals surface area contributed by atoms with Gasteiger partial charge in [0.15, 0.2) is 0 Å². The Bertz CT molecular complexity index is 407. The molecule has 1 heterocycles. The van der Waals surface area contributed by atoms with Crippen molar-refractivity contribution in [1.82, 2.24) is 4.90 Å². The predicted octanol–water partition coefficient (Wildman–Crippen LogP) is 3.28. The van der Waals surface area contributed by atoms with E-state index in [0.29, 0.717) is 5.03 Å². The Balaban J connectivity index is 2.06. The lowest BCUT2D eigenvalue weighted by atomic mass is 10.1. The monoisotopic (exact) mass is 249 g/mol. The second kappa shape index (κ2) is 5.87. The number of likely N-dealkylation sites (tertiary alicyclic amines) is 1. The van der Waals surface area contributed by atoms with Gasteiger partial charge in [-0.3, -0.25) is 4.79 Å². The van der Waals surface area contributed by atoms with E-state index >= 15 is 0 Å². The molecule has 0 bridgehead atoms. The molecule has 0 aromatic heterocycles. The summed E-state index contributed by atoms with van der Waals surface area (Å²) in [6, 6.07) is 9.68. The molecule has 90 valence electrons. The average Bonchev–Trinajstić information content (AvgIpc) is 2.40. The Kier molecular flexibility index (Phi) is 4.21. The zero-order valence-corrected chi connectivity index (χ0v) is 10.5. The summed E-state index contributed by atoms with van der Waals surface area (Å²) in [7, 11) is 0. The van der Waals surface area contributed by atoms with Gasteiger partial charge in [0.2, 0.25) is 0 Å². The molecule has 0 spiro atoms. The predicted molar refractivity (Wildman–Crippen MR) is 70.7 cm³/mol. The lowest BCUT2D eigenvalue weighted by Crippen LogP contribution is -2.35. The quantitative estimate of drug-likeness (QED) is 0.737. The molecule has 0 aliphatic carbocycles. The number of halogens is 1. The topological polar surface area (TPSA) is 20.3 Å². The van der Waals surface area contributed by atoms with Crippen molar-refractivity contribution < 1.29 is 4.79 Å². The van der Waals surface area contributed by atoms with Crippen molar-refractivity contribution in [1.29, 1.82) is 0 Å². The van der Waals surface area contributed by atoms with E-state index in [-0.39, 0.29) is 5.91 Å². The Labute approximate surface area is 107 Å². The van der Waals surface area contributed by atoms with Crippen molar-refractivity contribution in [2.24, 2.45) is 0 Å². The molecule has 1 aromatic carbocycles. The summed E-state index contributed by atoms with van der Waals surface area (Å²) in [5.41, 5.74) is 0.961. The molecule has 17 heavy (non-hydrogen) atoms. The molecule has 1 aliphatic heterocycles. The van der Waals surface area contributed by atoms with Crippen LogP contribution in [0.4, 0.5) is 0 Å². The van der Waals surface area contributed by atoms with Crippen LogP contribution in [-0.2, 0) is 4.79 Å². The van der Waals surface area contributed by atoms with Crippen LogP contribution in [0.25, 0.3) is 6.08 Å². The minimum Gasteiger partial charge on any atom is -0.338 e. The maximum Gasteiger partial charge on any atom is 0.265 e. The molecule has 0 saturated carbocycles. The van der Waals surface area contributed by atoms with Crippen LogP contribution in [-0.4, -0.2) is 23.9 Å². The van der Waals surface area contributed by atoms with E-state index in [0.717, 1.165) is 31.5 Å². The van der Waals surface area contributed by atoms with E-state index in [1.54, 1.807) is 6.08 Å². The van der Waals surface area contributed by atoms with Gasteiger partial charge in [-0.15, -0.1) is 0 Å². The number of carbonyl (C=O) groups excluding carboxylic acids is 1. The SMILES string of the molecule is O=C(/C(Cl)=C/c1ccccc1)N1CCCCC1. The number of piperidine rings is 1. The van der Waals surface area contributed by atoms with Crippen molar-refractivity contribution in [3.8, 4) is 0 Å². The number of amides is 1. The van der Waals surface area contributed by atoms with Crippen LogP contribution in [0.5, 0.6) is 0 Å². The molecular weight excluding hydrogens is 234 g/mol. The standard InChI is InChI=1S/C14H16ClNO/c15-13(11-12-7-3-1-4-8-12)14(17)16-9-5-2-6-10-16/h1,3-4,7-8,11H,2,5-6,9-10H2/b13-11-. The van der Waals surface area contributed by atoms with Gasteiger partial charge in [-0.25, -0.2) is 0 Å². The van der Waals surface area contributed by atoms with Gasteiger partial charge in [-0.05, 0) is 30.9 Å². The fraction of sp³-hybridized carbons (Fsp3) is 0.357. The fourth-order valence-corrected chi connectivity index (χ4v) is 2.25. The summed E-state index contributed by atoms with van der Waals surface area (Å²) in [5.74, 6) is -0.0461. The third-order valence-corrected chi connectivity index (χ3v) is 3.21. The zero-order valence-electron chi connectivity index (χ0n) is 9.73. The highest BCUT2D eigenvalue weighted by Gasteiger charge is 2.18. The van der Waals surface area contributed by atoms with Crippen molar-refractivity contribution in [2.45, 2.75) is 19.3 Å². The third kappa shape index (κ3) is 3.34. The van der Waals surface area contributed by atoms with E-state index in [9.17, 15) is 4.79 Å². The first-order valence-electron chi connectivity index (χ1n) is 5.99. The number of carbonyl (C=O) groups is 1. The van der Waals surface area contributed by atoms with Crippen LogP contribution >= 0.6 is 11.6 Å². The Morgan fingerprint density at radius 2 is 1.76 bits per heavy atom. The second-order valence-corrected chi connectivity index (χ2v) is 4.66. The van der Waals surface area contributed by atoms with Gasteiger partial charge in [0.1, 0.15) is 5.03 Å². The molecule has 0 unspecified atom stereocenters. The molecule has 2 rings (SSSR count). The highest BCUT2D eigenvalue weighted by Crippen LogP contribution is 2.16. The molecule has 3 heteroatoms. The van der Waals surface area contributed by atoms with E-state index in [2.05, 4.69) is 0 Å². The Morgan fingerprint density at radius 3 is 2.41 bits per heavy atom. The van der Waals surface area contributed by atoms with Crippen LogP contribution < -0.4 is 0 Å². The minimum atomic E-state index is -0.0461. The van der Waals surface area contributed by atoms with Gasteiger partial charge >= 0.3 is 0 Å². The van der Waals surface area contributed by atoms with Crippen LogP contribution in [0.1, 0.15) is 24.8 Å². The first kappa shape index (κ1) is 12.2. The van der Waals surface area contributed by atoms with Crippen LogP contribution in [0.15, 0.2) is 35.4 Å². The molecule has 1 amide bonds. The second-order valence-electron chi connectivity index (χ2n) is 4.26. The number of hydrogen-bond acceptors (Lipinski definition) is 1. The van der Waals surface area contributed by atoms with Gasteiger partial charge in [0, 0.05) is 13.1 Å². The first-order chi connectivity index (χ1) is 8.27. The summed E-state index contributed by atoms with van der Waals surface area (Å²) in [4.78, 5) is 13.9. The molecule has 0 N–H and O–H groups in total. The zero-order chi connectivity index (χ0) is 12.1. The van der Waals surface area contributed by atoms with Crippen LogP contribution in [0.2, 0.25) is 0 Å². The van der Waals surface area contributed by atoms with Gasteiger partial charge in [0.05, 0.1) is 0 Å². The van der Waals surface area contributed by atoms with E-state index < -0.39 is 0 Å². The highest BCUT2D eigenvalue weighted by atomic mass is 35.5. The van der Waals surface area contributed by atoms with E-state index in [4.69, 9.17) is 11.6 Å². The maximum absolute atomic E-state index is 12.0. The number of benzene rings is 1. The lowest BCUT2D eigenvalue weighted by molar-refractivity contribution is -0.127.